The molecule has 1 aliphatic rings. The largest absolute Gasteiger partial charge is 0.385 e. The van der Waals surface area contributed by atoms with E-state index in [1.54, 1.807) is 28.1 Å². The van der Waals surface area contributed by atoms with E-state index in [-0.39, 0.29) is 28.9 Å². The Bertz CT molecular complexity index is 1330. The highest BCUT2D eigenvalue weighted by molar-refractivity contribution is 6.21. The quantitative estimate of drug-likeness (QED) is 0.226. The highest BCUT2D eigenvalue weighted by Crippen LogP contribution is 2.36. The van der Waals surface area contributed by atoms with Crippen molar-refractivity contribution in [2.75, 3.05) is 57.7 Å². The van der Waals surface area contributed by atoms with Gasteiger partial charge in [-0.25, -0.2) is 4.98 Å². The Kier molecular flexibility index (Phi) is 9.82. The van der Waals surface area contributed by atoms with Crippen molar-refractivity contribution in [3.8, 4) is 12.1 Å². The van der Waals surface area contributed by atoms with Gasteiger partial charge < -0.3 is 20.1 Å². The Labute approximate surface area is 221 Å². The number of anilines is 2. The fraction of sp³-hybridized carbons (Fsp3) is 0.423. The minimum absolute atomic E-state index is 0.101. The third-order valence-electron chi connectivity index (χ3n) is 5.94. The molecule has 0 bridgehead atoms. The first-order valence-corrected chi connectivity index (χ1v) is 12.2. The molecule has 2 amide bonds. The van der Waals surface area contributed by atoms with E-state index in [0.717, 1.165) is 11.3 Å². The summed E-state index contributed by atoms with van der Waals surface area (Å²) in [5, 5.41) is 34.6. The van der Waals surface area contributed by atoms with Crippen molar-refractivity contribution < 1.29 is 19.1 Å². The van der Waals surface area contributed by atoms with E-state index in [9.17, 15) is 20.1 Å². The fourth-order valence-electron chi connectivity index (χ4n) is 3.94. The molecule has 1 aromatic heterocycles. The summed E-state index contributed by atoms with van der Waals surface area (Å²) >= 11 is 0. The number of azo groups is 1. The second-order valence-electron chi connectivity index (χ2n) is 8.40. The number of pyridine rings is 1. The molecule has 0 radical (unpaired) electrons. The van der Waals surface area contributed by atoms with Gasteiger partial charge in [-0.1, -0.05) is 0 Å². The summed E-state index contributed by atoms with van der Waals surface area (Å²) < 4.78 is 10.2. The molecule has 0 fully saturated rings. The smallest absolute Gasteiger partial charge is 0.261 e. The van der Waals surface area contributed by atoms with Crippen LogP contribution in [-0.2, 0) is 9.47 Å². The Hall–Kier alpha value is -4.39. The van der Waals surface area contributed by atoms with E-state index in [1.807, 2.05) is 6.07 Å². The average molecular weight is 519 g/mol. The molecule has 2 N–H and O–H groups in total. The maximum atomic E-state index is 12.7. The second-order valence-corrected chi connectivity index (χ2v) is 8.40. The number of ether oxygens (including phenoxy) is 2. The predicted molar refractivity (Wildman–Crippen MR) is 140 cm³/mol. The van der Waals surface area contributed by atoms with Crippen molar-refractivity contribution in [1.82, 2.24) is 9.88 Å². The molecule has 38 heavy (non-hydrogen) atoms. The number of fused-ring (bicyclic) bond motifs is 1. The minimum atomic E-state index is -0.442. The first kappa shape index (κ1) is 28.2. The number of aromatic nitrogens is 1. The summed E-state index contributed by atoms with van der Waals surface area (Å²) in [6.07, 6.45) is 1.43. The van der Waals surface area contributed by atoms with Crippen LogP contribution in [0.2, 0.25) is 0 Å². The van der Waals surface area contributed by atoms with Gasteiger partial charge in [-0.05, 0) is 38.8 Å². The highest BCUT2D eigenvalue weighted by Gasteiger charge is 2.35. The van der Waals surface area contributed by atoms with Gasteiger partial charge in [-0.3, -0.25) is 14.5 Å². The van der Waals surface area contributed by atoms with E-state index >= 15 is 0 Å². The van der Waals surface area contributed by atoms with Gasteiger partial charge in [0.25, 0.3) is 11.8 Å². The monoisotopic (exact) mass is 518 g/mol. The third kappa shape index (κ3) is 5.94. The molecule has 2 heterocycles. The van der Waals surface area contributed by atoms with Crippen LogP contribution in [0.3, 0.4) is 0 Å². The molecule has 2 aromatic rings. The number of benzene rings is 1. The molecule has 0 aliphatic carbocycles. The normalized spacial score (nSPS) is 12.5. The predicted octanol–water partition coefficient (Wildman–Crippen LogP) is 4.06. The average Bonchev–Trinajstić information content (AvgIpc) is 3.15. The molecule has 0 unspecified atom stereocenters. The first-order chi connectivity index (χ1) is 18.4. The van der Waals surface area contributed by atoms with Crippen LogP contribution in [0, 0.1) is 29.6 Å². The van der Waals surface area contributed by atoms with Gasteiger partial charge in [0.15, 0.2) is 5.82 Å². The number of amides is 2. The lowest BCUT2D eigenvalue weighted by atomic mass is 10.0. The van der Waals surface area contributed by atoms with Gasteiger partial charge >= 0.3 is 0 Å². The Balaban J connectivity index is 2.04. The Morgan fingerprint density at radius 3 is 2.11 bits per heavy atom. The fourth-order valence-corrected chi connectivity index (χ4v) is 3.94. The van der Waals surface area contributed by atoms with Crippen LogP contribution in [0.4, 0.5) is 23.0 Å². The van der Waals surface area contributed by atoms with Crippen LogP contribution in [-0.4, -0.2) is 68.8 Å². The summed E-state index contributed by atoms with van der Waals surface area (Å²) in [4.78, 5) is 30.9. The Morgan fingerprint density at radius 1 is 0.947 bits per heavy atom. The minimum Gasteiger partial charge on any atom is -0.385 e. The number of methoxy groups -OCH3 is 2. The molecule has 3 rings (SSSR count). The van der Waals surface area contributed by atoms with Crippen LogP contribution in [0.25, 0.3) is 0 Å². The molecule has 1 aliphatic heterocycles. The van der Waals surface area contributed by atoms with Crippen molar-refractivity contribution in [3.05, 3.63) is 39.9 Å². The molecule has 12 nitrogen and oxygen atoms in total. The molecule has 0 atom stereocenters. The molecule has 198 valence electrons. The van der Waals surface area contributed by atoms with Crippen LogP contribution >= 0.6 is 0 Å². The lowest BCUT2D eigenvalue weighted by molar-refractivity contribution is 0.0663. The zero-order chi connectivity index (χ0) is 27.7. The summed E-state index contributed by atoms with van der Waals surface area (Å²) in [7, 11) is 3.24. The molecular weight excluding hydrogens is 488 g/mol. The van der Waals surface area contributed by atoms with Crippen molar-refractivity contribution in [3.63, 3.8) is 0 Å². The SMILES string of the molecule is CCN1C(=O)c2cc(C#N)c(/N=N/c3c(NCCCOC)nc(NCCCOC)c(C#N)c3C)cc2C1=O. The standard InChI is InChI=1S/C26H30N8O4/c1-5-34-25(35)18-12-17(14-27)21(13-19(18)26(34)36)32-33-22-16(2)20(15-28)23(29-8-6-10-37-3)31-24(22)30-9-7-11-38-4/h12-13H,5-11H2,1-4H3,(H2,29,30,31)/b33-32+. The lowest BCUT2D eigenvalue weighted by Gasteiger charge is -2.15. The van der Waals surface area contributed by atoms with E-state index in [4.69, 9.17) is 9.47 Å². The molecule has 1 aromatic carbocycles. The topological polar surface area (TPSA) is 165 Å². The number of nitrogens with one attached hydrogen (secondary N) is 2. The Morgan fingerprint density at radius 2 is 1.55 bits per heavy atom. The summed E-state index contributed by atoms with van der Waals surface area (Å²) in [6, 6.07) is 6.96. The number of hydrogen-bond donors (Lipinski definition) is 2. The number of carbonyl (C=O) groups excluding carboxylic acids is 2. The van der Waals surface area contributed by atoms with Gasteiger partial charge in [-0.2, -0.15) is 10.5 Å². The second kappa shape index (κ2) is 13.2. The van der Waals surface area contributed by atoms with Gasteiger partial charge in [0.2, 0.25) is 0 Å². The molecule has 12 heteroatoms. The lowest BCUT2D eigenvalue weighted by Crippen LogP contribution is -2.29. The van der Waals surface area contributed by atoms with Crippen molar-refractivity contribution >= 4 is 34.8 Å². The first-order valence-electron chi connectivity index (χ1n) is 12.2. The number of carbonyl (C=O) groups is 2. The van der Waals surface area contributed by atoms with Crippen LogP contribution in [0.5, 0.6) is 0 Å². The molecule has 0 saturated carbocycles. The van der Waals surface area contributed by atoms with Crippen LogP contribution in [0.15, 0.2) is 22.4 Å². The number of rotatable bonds is 13. The molecule has 0 spiro atoms. The molecular formula is C26H30N8O4. The van der Waals surface area contributed by atoms with Crippen LogP contribution in [0.1, 0.15) is 57.2 Å². The van der Waals surface area contributed by atoms with E-state index in [2.05, 4.69) is 31.9 Å². The maximum Gasteiger partial charge on any atom is 0.261 e. The van der Waals surface area contributed by atoms with E-state index in [1.165, 1.54) is 12.1 Å². The van der Waals surface area contributed by atoms with E-state index < -0.39 is 11.8 Å². The zero-order valence-corrected chi connectivity index (χ0v) is 21.9. The number of imide groups is 1. The third-order valence-corrected chi connectivity index (χ3v) is 5.94. The van der Waals surface area contributed by atoms with Crippen molar-refractivity contribution in [1.29, 1.82) is 10.5 Å². The summed E-state index contributed by atoms with van der Waals surface area (Å²) in [6.45, 7) is 5.86. The van der Waals surface area contributed by atoms with Gasteiger partial charge in [-0.15, -0.1) is 10.2 Å². The van der Waals surface area contributed by atoms with Crippen molar-refractivity contribution in [2.24, 2.45) is 10.2 Å². The zero-order valence-electron chi connectivity index (χ0n) is 21.9. The summed E-state index contributed by atoms with van der Waals surface area (Å²) in [5.74, 6) is -0.0724. The number of nitrogens with zero attached hydrogens (tertiary/aromatic N) is 6. The van der Waals surface area contributed by atoms with Crippen LogP contribution < -0.4 is 10.6 Å². The number of hydrogen-bond acceptors (Lipinski definition) is 11. The summed E-state index contributed by atoms with van der Waals surface area (Å²) in [5.41, 5.74) is 1.75. The van der Waals surface area contributed by atoms with Gasteiger partial charge in [0, 0.05) is 52.6 Å². The maximum absolute atomic E-state index is 12.7. The molecule has 0 saturated heterocycles. The van der Waals surface area contributed by atoms with Gasteiger partial charge in [0.05, 0.1) is 22.3 Å². The van der Waals surface area contributed by atoms with E-state index in [0.29, 0.717) is 61.2 Å². The van der Waals surface area contributed by atoms with Crippen molar-refractivity contribution in [2.45, 2.75) is 26.7 Å². The highest BCUT2D eigenvalue weighted by atomic mass is 16.5. The number of nitriles is 2. The van der Waals surface area contributed by atoms with Gasteiger partial charge in [0.1, 0.15) is 29.3 Å².